The Morgan fingerprint density at radius 2 is 2.32 bits per heavy atom. The molecule has 0 radical (unpaired) electrons. The van der Waals surface area contributed by atoms with E-state index in [4.69, 9.17) is 10.7 Å². The predicted molar refractivity (Wildman–Crippen MR) is 82.9 cm³/mol. The lowest BCUT2D eigenvalue weighted by molar-refractivity contribution is 0.396. The Morgan fingerprint density at radius 3 is 2.89 bits per heavy atom. The summed E-state index contributed by atoms with van der Waals surface area (Å²) in [5.74, 6) is 0.773. The van der Waals surface area contributed by atoms with E-state index in [1.54, 1.807) is 11.3 Å². The molecule has 19 heavy (non-hydrogen) atoms. The monoisotopic (exact) mass is 282 g/mol. The van der Waals surface area contributed by atoms with E-state index in [2.05, 4.69) is 30.8 Å². The average molecular weight is 282 g/mol. The van der Waals surface area contributed by atoms with Gasteiger partial charge in [0.25, 0.3) is 0 Å². The molecule has 5 heteroatoms. The molecule has 0 aromatic carbocycles. The van der Waals surface area contributed by atoms with Gasteiger partial charge in [0, 0.05) is 31.6 Å². The number of aryl methyl sites for hydroxylation is 1. The Labute approximate surface area is 120 Å². The van der Waals surface area contributed by atoms with Gasteiger partial charge in [0.1, 0.15) is 0 Å². The lowest BCUT2D eigenvalue weighted by Crippen LogP contribution is -2.27. The van der Waals surface area contributed by atoms with Crippen LogP contribution in [0.15, 0.2) is 0 Å². The summed E-state index contributed by atoms with van der Waals surface area (Å²) in [6.07, 6.45) is 3.48. The van der Waals surface area contributed by atoms with Gasteiger partial charge in [0.15, 0.2) is 5.13 Å². The highest BCUT2D eigenvalue weighted by Crippen LogP contribution is 2.27. The van der Waals surface area contributed by atoms with E-state index in [9.17, 15) is 0 Å². The third-order valence-electron chi connectivity index (χ3n) is 3.79. The minimum atomic E-state index is 0.618. The van der Waals surface area contributed by atoms with Crippen LogP contribution in [0.1, 0.15) is 30.3 Å². The third-order valence-corrected chi connectivity index (χ3v) is 5.02. The summed E-state index contributed by atoms with van der Waals surface area (Å²) in [5.41, 5.74) is 7.03. The highest BCUT2D eigenvalue weighted by molar-refractivity contribution is 7.15. The summed E-state index contributed by atoms with van der Waals surface area (Å²) in [7, 11) is 4.36. The maximum absolute atomic E-state index is 5.82. The summed E-state index contributed by atoms with van der Waals surface area (Å²) < 4.78 is 0. The van der Waals surface area contributed by atoms with Crippen LogP contribution in [0.2, 0.25) is 0 Å². The van der Waals surface area contributed by atoms with Crippen molar-refractivity contribution < 1.29 is 0 Å². The quantitative estimate of drug-likeness (QED) is 0.866. The van der Waals surface area contributed by atoms with Gasteiger partial charge in [-0.05, 0) is 32.4 Å². The maximum atomic E-state index is 5.82. The SMILES string of the molecule is CCCc1nc(N(C)CC2CCN(C)C2)sc1CN. The van der Waals surface area contributed by atoms with E-state index in [0.717, 1.165) is 30.4 Å². The summed E-state index contributed by atoms with van der Waals surface area (Å²) in [4.78, 5) is 10.8. The van der Waals surface area contributed by atoms with Crippen molar-refractivity contribution in [2.45, 2.75) is 32.7 Å². The van der Waals surface area contributed by atoms with Crippen LogP contribution in [-0.4, -0.2) is 43.6 Å². The van der Waals surface area contributed by atoms with E-state index in [1.165, 1.54) is 30.1 Å². The molecule has 1 aromatic rings. The molecular weight excluding hydrogens is 256 g/mol. The van der Waals surface area contributed by atoms with Crippen LogP contribution >= 0.6 is 11.3 Å². The summed E-state index contributed by atoms with van der Waals surface area (Å²) >= 11 is 1.77. The van der Waals surface area contributed by atoms with Gasteiger partial charge >= 0.3 is 0 Å². The molecule has 1 saturated heterocycles. The largest absolute Gasteiger partial charge is 0.351 e. The van der Waals surface area contributed by atoms with E-state index < -0.39 is 0 Å². The minimum Gasteiger partial charge on any atom is -0.351 e. The fourth-order valence-corrected chi connectivity index (χ4v) is 3.72. The van der Waals surface area contributed by atoms with Gasteiger partial charge in [-0.3, -0.25) is 0 Å². The number of thiazole rings is 1. The number of hydrogen-bond donors (Lipinski definition) is 1. The molecule has 1 aromatic heterocycles. The van der Waals surface area contributed by atoms with Crippen molar-refractivity contribution in [1.29, 1.82) is 0 Å². The number of nitrogens with two attached hydrogens (primary N) is 1. The van der Waals surface area contributed by atoms with Crippen LogP contribution in [0.5, 0.6) is 0 Å². The van der Waals surface area contributed by atoms with Crippen LogP contribution in [0.3, 0.4) is 0 Å². The molecule has 1 aliphatic rings. The lowest BCUT2D eigenvalue weighted by atomic mass is 10.1. The van der Waals surface area contributed by atoms with Crippen LogP contribution in [0, 0.1) is 5.92 Å². The van der Waals surface area contributed by atoms with E-state index in [-0.39, 0.29) is 0 Å². The first kappa shape index (κ1) is 14.8. The molecule has 0 spiro atoms. The molecule has 0 aliphatic carbocycles. The highest BCUT2D eigenvalue weighted by Gasteiger charge is 2.22. The number of anilines is 1. The van der Waals surface area contributed by atoms with Crippen LogP contribution in [0.4, 0.5) is 5.13 Å². The first-order chi connectivity index (χ1) is 9.13. The normalized spacial score (nSPS) is 20.1. The third kappa shape index (κ3) is 3.68. The topological polar surface area (TPSA) is 45.4 Å². The Bertz CT molecular complexity index is 404. The molecule has 0 saturated carbocycles. The van der Waals surface area contributed by atoms with Gasteiger partial charge in [0.05, 0.1) is 5.69 Å². The van der Waals surface area contributed by atoms with Crippen LogP contribution in [-0.2, 0) is 13.0 Å². The Morgan fingerprint density at radius 1 is 1.53 bits per heavy atom. The fourth-order valence-electron chi connectivity index (χ4n) is 2.77. The van der Waals surface area contributed by atoms with Gasteiger partial charge in [-0.25, -0.2) is 4.98 Å². The molecule has 1 aliphatic heterocycles. The second-order valence-corrected chi connectivity index (χ2v) is 6.68. The van der Waals surface area contributed by atoms with Crippen molar-refractivity contribution in [3.63, 3.8) is 0 Å². The van der Waals surface area contributed by atoms with Gasteiger partial charge in [-0.15, -0.1) is 11.3 Å². The second kappa shape index (κ2) is 6.68. The smallest absolute Gasteiger partial charge is 0.185 e. The molecule has 2 heterocycles. The van der Waals surface area contributed by atoms with Crippen molar-refractivity contribution in [2.75, 3.05) is 38.6 Å². The molecule has 0 bridgehead atoms. The molecule has 1 unspecified atom stereocenters. The Kier molecular flexibility index (Phi) is 5.19. The van der Waals surface area contributed by atoms with E-state index >= 15 is 0 Å². The first-order valence-corrected chi connectivity index (χ1v) is 8.04. The maximum Gasteiger partial charge on any atom is 0.185 e. The standard InChI is InChI=1S/C14H26N4S/c1-4-5-12-13(8-15)19-14(16-12)18(3)10-11-6-7-17(2)9-11/h11H,4-10,15H2,1-3H3. The van der Waals surface area contributed by atoms with Crippen molar-refractivity contribution in [3.05, 3.63) is 10.6 Å². The van der Waals surface area contributed by atoms with Crippen LogP contribution < -0.4 is 10.6 Å². The van der Waals surface area contributed by atoms with E-state index in [1.807, 2.05) is 0 Å². The van der Waals surface area contributed by atoms with E-state index in [0.29, 0.717) is 6.54 Å². The predicted octanol–water partition coefficient (Wildman–Crippen LogP) is 1.94. The number of hydrogen-bond acceptors (Lipinski definition) is 5. The van der Waals surface area contributed by atoms with Crippen molar-refractivity contribution in [2.24, 2.45) is 11.7 Å². The average Bonchev–Trinajstić information content (AvgIpc) is 2.96. The molecule has 1 fully saturated rings. The van der Waals surface area contributed by atoms with Gasteiger partial charge in [0.2, 0.25) is 0 Å². The van der Waals surface area contributed by atoms with Crippen molar-refractivity contribution in [3.8, 4) is 0 Å². The number of likely N-dealkylation sites (tertiary alicyclic amines) is 1. The van der Waals surface area contributed by atoms with Crippen LogP contribution in [0.25, 0.3) is 0 Å². The molecule has 2 rings (SSSR count). The van der Waals surface area contributed by atoms with Gasteiger partial charge in [-0.1, -0.05) is 13.3 Å². The number of nitrogens with zero attached hydrogens (tertiary/aromatic N) is 3. The zero-order valence-electron chi connectivity index (χ0n) is 12.4. The van der Waals surface area contributed by atoms with Gasteiger partial charge < -0.3 is 15.5 Å². The Hall–Kier alpha value is -0.650. The molecule has 0 amide bonds. The summed E-state index contributed by atoms with van der Waals surface area (Å²) in [6.45, 7) is 6.35. The van der Waals surface area contributed by atoms with Crippen molar-refractivity contribution in [1.82, 2.24) is 9.88 Å². The molecule has 1 atom stereocenters. The van der Waals surface area contributed by atoms with Crippen molar-refractivity contribution >= 4 is 16.5 Å². The minimum absolute atomic E-state index is 0.618. The molecule has 108 valence electrons. The highest BCUT2D eigenvalue weighted by atomic mass is 32.1. The number of aromatic nitrogens is 1. The molecular formula is C14H26N4S. The zero-order valence-corrected chi connectivity index (χ0v) is 13.2. The Balaban J connectivity index is 2.00. The summed E-state index contributed by atoms with van der Waals surface area (Å²) in [6, 6.07) is 0. The fraction of sp³-hybridized carbons (Fsp3) is 0.786. The lowest BCUT2D eigenvalue weighted by Gasteiger charge is -2.20. The second-order valence-electron chi connectivity index (χ2n) is 5.62. The van der Waals surface area contributed by atoms with Gasteiger partial charge in [-0.2, -0.15) is 0 Å². The number of rotatable bonds is 6. The summed E-state index contributed by atoms with van der Waals surface area (Å²) in [5, 5.41) is 1.14. The molecule has 4 nitrogen and oxygen atoms in total. The first-order valence-electron chi connectivity index (χ1n) is 7.22. The zero-order chi connectivity index (χ0) is 13.8. The molecule has 2 N–H and O–H groups in total.